The van der Waals surface area contributed by atoms with Crippen molar-refractivity contribution < 1.29 is 17.7 Å². The van der Waals surface area contributed by atoms with Gasteiger partial charge in [-0.15, -0.1) is 0 Å². The zero-order valence-corrected chi connectivity index (χ0v) is 20.0. The molecule has 176 valence electrons. The molecular weight excluding hydrogens is 416 g/mol. The normalized spacial score (nSPS) is 21.0. The van der Waals surface area contributed by atoms with Gasteiger partial charge in [-0.3, -0.25) is 4.79 Å². The molecule has 1 atom stereocenters. The van der Waals surface area contributed by atoms with E-state index in [2.05, 4.69) is 15.4 Å². The number of carbonyl (C=O) groups is 1. The van der Waals surface area contributed by atoms with E-state index in [0.717, 1.165) is 13.0 Å². The average Bonchev–Trinajstić information content (AvgIpc) is 2.94. The summed E-state index contributed by atoms with van der Waals surface area (Å²) in [4.78, 5) is 15.3. The topological polar surface area (TPSA) is 95.8 Å². The predicted molar refractivity (Wildman–Crippen MR) is 119 cm³/mol. The highest BCUT2D eigenvalue weighted by atomic mass is 32.2. The van der Waals surface area contributed by atoms with Crippen LogP contribution in [-0.4, -0.2) is 68.0 Å². The number of rotatable bonds is 8. The molecule has 0 saturated carbocycles. The van der Waals surface area contributed by atoms with Crippen LogP contribution in [0, 0.1) is 25.7 Å². The van der Waals surface area contributed by atoms with Crippen LogP contribution in [0.5, 0.6) is 0 Å². The largest absolute Gasteiger partial charge is 0.360 e. The molecule has 0 aliphatic carbocycles. The maximum atomic E-state index is 13.0. The van der Waals surface area contributed by atoms with Crippen LogP contribution >= 0.6 is 0 Å². The molecule has 0 radical (unpaired) electrons. The zero-order chi connectivity index (χ0) is 22.4. The first-order valence-corrected chi connectivity index (χ1v) is 13.2. The number of sulfonamides is 1. The number of aryl methyl sites for hydroxylation is 2. The van der Waals surface area contributed by atoms with E-state index in [1.54, 1.807) is 13.8 Å². The van der Waals surface area contributed by atoms with E-state index in [-0.39, 0.29) is 22.6 Å². The molecule has 31 heavy (non-hydrogen) atoms. The van der Waals surface area contributed by atoms with E-state index < -0.39 is 10.0 Å². The van der Waals surface area contributed by atoms with Crippen molar-refractivity contribution in [2.24, 2.45) is 11.8 Å². The minimum absolute atomic E-state index is 0.0860. The molecule has 0 bridgehead atoms. The Labute approximate surface area is 186 Å². The molecule has 1 aromatic rings. The van der Waals surface area contributed by atoms with Gasteiger partial charge in [-0.05, 0) is 71.5 Å². The van der Waals surface area contributed by atoms with Gasteiger partial charge < -0.3 is 14.7 Å². The summed E-state index contributed by atoms with van der Waals surface area (Å²) >= 11 is 0. The SMILES string of the molecule is Cc1noc(C)c1S(=O)(=O)N1CCC([C@@H](C)C(=O)NCCCN2CCCCCC2)CC1. The van der Waals surface area contributed by atoms with Crippen molar-refractivity contribution in [3.8, 4) is 0 Å². The number of piperidine rings is 1. The molecule has 0 aromatic carbocycles. The second-order valence-corrected chi connectivity index (χ2v) is 11.0. The van der Waals surface area contributed by atoms with E-state index >= 15 is 0 Å². The maximum absolute atomic E-state index is 13.0. The van der Waals surface area contributed by atoms with E-state index in [1.165, 1.54) is 43.1 Å². The minimum atomic E-state index is -3.61. The quantitative estimate of drug-likeness (QED) is 0.607. The molecule has 1 aromatic heterocycles. The average molecular weight is 455 g/mol. The maximum Gasteiger partial charge on any atom is 0.248 e. The lowest BCUT2D eigenvalue weighted by Crippen LogP contribution is -2.43. The van der Waals surface area contributed by atoms with Crippen LogP contribution in [0.3, 0.4) is 0 Å². The second-order valence-electron chi connectivity index (χ2n) is 9.08. The Hall–Kier alpha value is -1.45. The molecule has 8 nitrogen and oxygen atoms in total. The highest BCUT2D eigenvalue weighted by molar-refractivity contribution is 7.89. The van der Waals surface area contributed by atoms with Crippen molar-refractivity contribution in [1.29, 1.82) is 0 Å². The van der Waals surface area contributed by atoms with E-state index in [0.29, 0.717) is 43.9 Å². The van der Waals surface area contributed by atoms with Crippen molar-refractivity contribution in [1.82, 2.24) is 19.7 Å². The smallest absolute Gasteiger partial charge is 0.248 e. The lowest BCUT2D eigenvalue weighted by atomic mass is 9.85. The number of nitrogens with one attached hydrogen (secondary N) is 1. The molecule has 2 aliphatic rings. The third kappa shape index (κ3) is 6.08. The summed E-state index contributed by atoms with van der Waals surface area (Å²) in [5.41, 5.74) is 0.396. The Morgan fingerprint density at radius 1 is 1.13 bits per heavy atom. The van der Waals surface area contributed by atoms with Gasteiger partial charge in [-0.1, -0.05) is 24.9 Å². The van der Waals surface area contributed by atoms with Crippen molar-refractivity contribution in [3.63, 3.8) is 0 Å². The number of carbonyl (C=O) groups excluding carboxylic acids is 1. The molecule has 9 heteroatoms. The molecule has 1 N–H and O–H groups in total. The van der Waals surface area contributed by atoms with Gasteiger partial charge in [-0.2, -0.15) is 4.31 Å². The van der Waals surface area contributed by atoms with Crippen LogP contribution in [-0.2, 0) is 14.8 Å². The van der Waals surface area contributed by atoms with E-state index in [4.69, 9.17) is 4.52 Å². The van der Waals surface area contributed by atoms with Crippen LogP contribution < -0.4 is 5.32 Å². The molecule has 2 saturated heterocycles. The summed E-state index contributed by atoms with van der Waals surface area (Å²) < 4.78 is 32.5. The van der Waals surface area contributed by atoms with E-state index in [9.17, 15) is 13.2 Å². The summed E-state index contributed by atoms with van der Waals surface area (Å²) in [6.07, 6.45) is 7.59. The first-order chi connectivity index (χ1) is 14.8. The summed E-state index contributed by atoms with van der Waals surface area (Å²) in [5.74, 6) is 0.499. The standard InChI is InChI=1S/C22H38N4O4S/c1-17(22(27)23-11-8-14-25-12-6-4-5-7-13-25)20-9-15-26(16-10-20)31(28,29)21-18(2)24-30-19(21)3/h17,20H,4-16H2,1-3H3,(H,23,27)/t17-/m1/s1. The van der Waals surface area contributed by atoms with Crippen molar-refractivity contribution in [2.75, 3.05) is 39.3 Å². The fraction of sp³-hybridized carbons (Fsp3) is 0.818. The summed E-state index contributed by atoms with van der Waals surface area (Å²) in [6, 6.07) is 0. The fourth-order valence-corrected chi connectivity index (χ4v) is 6.60. The monoisotopic (exact) mass is 454 g/mol. The van der Waals surface area contributed by atoms with Gasteiger partial charge in [0.05, 0.1) is 0 Å². The first kappa shape index (κ1) is 24.2. The third-order valence-corrected chi connectivity index (χ3v) is 8.98. The highest BCUT2D eigenvalue weighted by Gasteiger charge is 2.36. The lowest BCUT2D eigenvalue weighted by molar-refractivity contribution is -0.126. The van der Waals surface area contributed by atoms with Gasteiger partial charge in [0.2, 0.25) is 15.9 Å². The summed E-state index contributed by atoms with van der Waals surface area (Å²) in [6.45, 7) is 10.2. The Balaban J connectivity index is 1.42. The molecule has 1 amide bonds. The van der Waals surface area contributed by atoms with Gasteiger partial charge in [-0.25, -0.2) is 8.42 Å². The summed E-state index contributed by atoms with van der Waals surface area (Å²) in [5, 5.41) is 6.87. The molecule has 3 heterocycles. The van der Waals surface area contributed by atoms with Gasteiger partial charge in [0.1, 0.15) is 10.6 Å². The number of hydrogen-bond donors (Lipinski definition) is 1. The minimum Gasteiger partial charge on any atom is -0.360 e. The Morgan fingerprint density at radius 3 is 2.35 bits per heavy atom. The van der Waals surface area contributed by atoms with Crippen LogP contribution in [0.2, 0.25) is 0 Å². The van der Waals surface area contributed by atoms with Gasteiger partial charge in [0.15, 0.2) is 5.76 Å². The molecule has 0 unspecified atom stereocenters. The molecule has 2 fully saturated rings. The van der Waals surface area contributed by atoms with E-state index in [1.807, 2.05) is 6.92 Å². The Kier molecular flexibility index (Phi) is 8.52. The van der Waals surface area contributed by atoms with Crippen molar-refractivity contribution >= 4 is 15.9 Å². The predicted octanol–water partition coefficient (Wildman–Crippen LogP) is 2.71. The number of hydrogen-bond acceptors (Lipinski definition) is 6. The van der Waals surface area contributed by atoms with Crippen molar-refractivity contribution in [2.45, 2.75) is 70.6 Å². The highest BCUT2D eigenvalue weighted by Crippen LogP contribution is 2.30. The molecule has 0 spiro atoms. The second kappa shape index (κ2) is 10.9. The van der Waals surface area contributed by atoms with Gasteiger partial charge >= 0.3 is 0 Å². The van der Waals surface area contributed by atoms with Gasteiger partial charge in [0.25, 0.3) is 0 Å². The molecule has 2 aliphatic heterocycles. The number of likely N-dealkylation sites (tertiary alicyclic amines) is 1. The molecule has 3 rings (SSSR count). The zero-order valence-electron chi connectivity index (χ0n) is 19.2. The number of nitrogens with zero attached hydrogens (tertiary/aromatic N) is 3. The molecular formula is C22H38N4O4S. The summed E-state index contributed by atoms with van der Waals surface area (Å²) in [7, 11) is -3.61. The Morgan fingerprint density at radius 2 is 1.77 bits per heavy atom. The van der Waals surface area contributed by atoms with Crippen LogP contribution in [0.15, 0.2) is 9.42 Å². The number of amides is 1. The van der Waals surface area contributed by atoms with Crippen LogP contribution in [0.4, 0.5) is 0 Å². The Bertz CT molecular complexity index is 803. The lowest BCUT2D eigenvalue weighted by Gasteiger charge is -2.33. The van der Waals surface area contributed by atoms with Gasteiger partial charge in [0, 0.05) is 25.6 Å². The number of aromatic nitrogens is 1. The van der Waals surface area contributed by atoms with Crippen molar-refractivity contribution in [3.05, 3.63) is 11.5 Å². The fourth-order valence-electron chi connectivity index (χ4n) is 4.84. The van der Waals surface area contributed by atoms with Crippen LogP contribution in [0.1, 0.15) is 63.3 Å². The first-order valence-electron chi connectivity index (χ1n) is 11.7. The third-order valence-electron chi connectivity index (χ3n) is 6.83. The van der Waals surface area contributed by atoms with Crippen LogP contribution in [0.25, 0.3) is 0 Å².